The second-order valence-corrected chi connectivity index (χ2v) is 9.37. The van der Waals surface area contributed by atoms with Gasteiger partial charge in [-0.1, -0.05) is 6.92 Å². The van der Waals surface area contributed by atoms with Crippen molar-refractivity contribution in [3.63, 3.8) is 0 Å². The third-order valence-corrected chi connectivity index (χ3v) is 7.07. The zero-order valence-electron chi connectivity index (χ0n) is 15.8. The molecule has 3 heterocycles. The third-order valence-electron chi connectivity index (χ3n) is 5.82. The molecule has 0 N–H and O–H groups in total. The van der Waals surface area contributed by atoms with Gasteiger partial charge in [0, 0.05) is 56.7 Å². The van der Waals surface area contributed by atoms with E-state index in [0.717, 1.165) is 31.6 Å². The van der Waals surface area contributed by atoms with Gasteiger partial charge in [0.1, 0.15) is 0 Å². The molecule has 26 heavy (non-hydrogen) atoms. The second kappa shape index (κ2) is 7.25. The van der Waals surface area contributed by atoms with Gasteiger partial charge in [0.05, 0.1) is 11.8 Å². The number of aryl methyl sites for hydroxylation is 1. The van der Waals surface area contributed by atoms with Crippen LogP contribution in [-0.2, 0) is 10.0 Å². The van der Waals surface area contributed by atoms with Crippen LogP contribution < -0.4 is 0 Å². The molecule has 1 amide bonds. The van der Waals surface area contributed by atoms with Crippen LogP contribution in [0.5, 0.6) is 0 Å². The average Bonchev–Trinajstić information content (AvgIpc) is 3.08. The number of rotatable bonds is 4. The molecule has 2 saturated heterocycles. The molecule has 1 atom stereocenters. The summed E-state index contributed by atoms with van der Waals surface area (Å²) in [6, 6.07) is 3.68. The van der Waals surface area contributed by atoms with Crippen LogP contribution in [-0.4, -0.2) is 84.5 Å². The summed E-state index contributed by atoms with van der Waals surface area (Å²) in [5, 5.41) is 0. The van der Waals surface area contributed by atoms with Crippen LogP contribution in [0.3, 0.4) is 0 Å². The Morgan fingerprint density at radius 1 is 1.19 bits per heavy atom. The van der Waals surface area contributed by atoms with Crippen LogP contribution in [0.2, 0.25) is 0 Å². The van der Waals surface area contributed by atoms with E-state index in [4.69, 9.17) is 0 Å². The average molecular weight is 381 g/mol. The maximum absolute atomic E-state index is 12.7. The minimum Gasteiger partial charge on any atom is -0.336 e. The summed E-state index contributed by atoms with van der Waals surface area (Å²) in [6.45, 7) is 8.03. The van der Waals surface area contributed by atoms with Crippen molar-refractivity contribution < 1.29 is 13.2 Å². The highest BCUT2D eigenvalue weighted by Crippen LogP contribution is 2.33. The summed E-state index contributed by atoms with van der Waals surface area (Å²) in [5.74, 6) is 0.0203. The van der Waals surface area contributed by atoms with Crippen molar-refractivity contribution >= 4 is 15.9 Å². The molecule has 0 aliphatic carbocycles. The van der Waals surface area contributed by atoms with E-state index in [1.54, 1.807) is 10.5 Å². The van der Waals surface area contributed by atoms with E-state index >= 15 is 0 Å². The molecule has 2 aliphatic heterocycles. The number of aromatic nitrogens is 1. The van der Waals surface area contributed by atoms with Gasteiger partial charge >= 0.3 is 0 Å². The Labute approximate surface area is 156 Å². The summed E-state index contributed by atoms with van der Waals surface area (Å²) in [6.07, 6.45) is 4.69. The predicted molar refractivity (Wildman–Crippen MR) is 101 cm³/mol. The van der Waals surface area contributed by atoms with Crippen LogP contribution in [0.15, 0.2) is 18.3 Å². The lowest BCUT2D eigenvalue weighted by Gasteiger charge is -2.45. The highest BCUT2D eigenvalue weighted by atomic mass is 32.2. The van der Waals surface area contributed by atoms with E-state index in [-0.39, 0.29) is 11.4 Å². The van der Waals surface area contributed by atoms with Crippen molar-refractivity contribution in [2.45, 2.75) is 32.2 Å². The minimum atomic E-state index is -3.15. The van der Waals surface area contributed by atoms with E-state index in [1.807, 2.05) is 24.0 Å². The van der Waals surface area contributed by atoms with Crippen molar-refractivity contribution in [2.75, 3.05) is 45.5 Å². The molecular weight excluding hydrogens is 352 g/mol. The Balaban J connectivity index is 1.64. The number of hydrogen-bond donors (Lipinski definition) is 0. The number of amides is 1. The van der Waals surface area contributed by atoms with Gasteiger partial charge in [0.2, 0.25) is 10.0 Å². The van der Waals surface area contributed by atoms with Gasteiger partial charge in [-0.2, -0.15) is 0 Å². The molecular formula is C18H28N4O3S. The molecule has 0 bridgehead atoms. The van der Waals surface area contributed by atoms with Crippen LogP contribution in [0, 0.1) is 6.92 Å². The van der Waals surface area contributed by atoms with Crippen molar-refractivity contribution in [3.05, 3.63) is 29.6 Å². The van der Waals surface area contributed by atoms with Crippen LogP contribution >= 0.6 is 0 Å². The molecule has 3 rings (SSSR count). The fourth-order valence-corrected chi connectivity index (χ4v) is 4.93. The molecule has 1 aromatic rings. The molecule has 0 saturated carbocycles. The third kappa shape index (κ3) is 3.77. The first-order valence-electron chi connectivity index (χ1n) is 9.17. The molecule has 8 heteroatoms. The summed E-state index contributed by atoms with van der Waals surface area (Å²) >= 11 is 0. The van der Waals surface area contributed by atoms with E-state index in [9.17, 15) is 13.2 Å². The van der Waals surface area contributed by atoms with Crippen molar-refractivity contribution in [1.82, 2.24) is 19.1 Å². The van der Waals surface area contributed by atoms with Gasteiger partial charge < -0.3 is 4.90 Å². The van der Waals surface area contributed by atoms with Crippen LogP contribution in [0.4, 0.5) is 0 Å². The molecule has 0 spiro atoms. The Hall–Kier alpha value is -1.51. The van der Waals surface area contributed by atoms with Gasteiger partial charge in [-0.15, -0.1) is 0 Å². The van der Waals surface area contributed by atoms with E-state index in [0.29, 0.717) is 31.7 Å². The van der Waals surface area contributed by atoms with Gasteiger partial charge in [-0.25, -0.2) is 12.7 Å². The normalized spacial score (nSPS) is 25.6. The van der Waals surface area contributed by atoms with Crippen LogP contribution in [0.25, 0.3) is 0 Å². The van der Waals surface area contributed by atoms with Gasteiger partial charge in [-0.3, -0.25) is 14.7 Å². The lowest BCUT2D eigenvalue weighted by molar-refractivity contribution is 0.0312. The molecule has 2 fully saturated rings. The van der Waals surface area contributed by atoms with Gasteiger partial charge in [-0.05, 0) is 31.9 Å². The number of nitrogens with zero attached hydrogens (tertiary/aromatic N) is 4. The molecule has 144 valence electrons. The van der Waals surface area contributed by atoms with Crippen LogP contribution in [0.1, 0.15) is 35.8 Å². The number of hydrogen-bond acceptors (Lipinski definition) is 5. The maximum Gasteiger partial charge on any atom is 0.255 e. The first kappa shape index (κ1) is 19.3. The lowest BCUT2D eigenvalue weighted by Crippen LogP contribution is -2.59. The van der Waals surface area contributed by atoms with E-state index in [1.165, 1.54) is 6.26 Å². The quantitative estimate of drug-likeness (QED) is 0.778. The predicted octanol–water partition coefficient (Wildman–Crippen LogP) is 0.962. The number of sulfonamides is 1. The smallest absolute Gasteiger partial charge is 0.255 e. The van der Waals surface area contributed by atoms with Gasteiger partial charge in [0.25, 0.3) is 5.91 Å². The maximum atomic E-state index is 12.7. The Kier molecular flexibility index (Phi) is 5.37. The molecule has 0 aromatic carbocycles. The Morgan fingerprint density at radius 2 is 1.88 bits per heavy atom. The molecule has 7 nitrogen and oxygen atoms in total. The standard InChI is InChI=1S/C18H28N4O3S/c1-4-18(7-8-22(14-18)26(3,24)25)21-11-9-20(10-12-21)17(23)16-6-5-15(2)19-13-16/h5-6,13H,4,7-12,14H2,1-3H3. The summed E-state index contributed by atoms with van der Waals surface area (Å²) in [5.41, 5.74) is 1.41. The fourth-order valence-electron chi connectivity index (χ4n) is 4.03. The Morgan fingerprint density at radius 3 is 2.38 bits per heavy atom. The topological polar surface area (TPSA) is 73.8 Å². The SMILES string of the molecule is CCC1(N2CCN(C(=O)c3ccc(C)nc3)CC2)CCN(S(C)(=O)=O)C1. The fraction of sp³-hybridized carbons (Fsp3) is 0.667. The molecule has 1 aromatic heterocycles. The monoisotopic (exact) mass is 380 g/mol. The zero-order valence-corrected chi connectivity index (χ0v) is 16.6. The number of carbonyl (C=O) groups excluding carboxylic acids is 1. The van der Waals surface area contributed by atoms with Crippen molar-refractivity contribution in [1.29, 1.82) is 0 Å². The molecule has 2 aliphatic rings. The van der Waals surface area contributed by atoms with E-state index < -0.39 is 10.0 Å². The number of pyridine rings is 1. The van der Waals surface area contributed by atoms with Crippen molar-refractivity contribution in [2.24, 2.45) is 0 Å². The second-order valence-electron chi connectivity index (χ2n) is 7.39. The molecule has 0 radical (unpaired) electrons. The summed E-state index contributed by atoms with van der Waals surface area (Å²) in [7, 11) is -3.15. The largest absolute Gasteiger partial charge is 0.336 e. The lowest BCUT2D eigenvalue weighted by atomic mass is 9.92. The van der Waals surface area contributed by atoms with Gasteiger partial charge in [0.15, 0.2) is 0 Å². The number of piperazine rings is 1. The first-order chi connectivity index (χ1) is 12.2. The number of carbonyl (C=O) groups is 1. The highest BCUT2D eigenvalue weighted by molar-refractivity contribution is 7.88. The summed E-state index contributed by atoms with van der Waals surface area (Å²) in [4.78, 5) is 21.1. The molecule has 1 unspecified atom stereocenters. The van der Waals surface area contributed by atoms with E-state index in [2.05, 4.69) is 16.8 Å². The minimum absolute atomic E-state index is 0.0203. The Bertz CT molecular complexity index is 757. The summed E-state index contributed by atoms with van der Waals surface area (Å²) < 4.78 is 25.4. The first-order valence-corrected chi connectivity index (χ1v) is 11.0. The van der Waals surface area contributed by atoms with Crippen molar-refractivity contribution in [3.8, 4) is 0 Å². The zero-order chi connectivity index (χ0) is 18.9. The highest BCUT2D eigenvalue weighted by Gasteiger charge is 2.45.